The standard InChI is InChI=1S/C26H37N3O2/c1-2-3-7-20-8-6-15-29(17-20)18-23-9-4-5-10-24(23)28-26(30)22-13-11-21(12-14-22)25-16-27-19-31-25/h11-14,16,19-20,23-24H,2-10,15,17-18H2,1H3,(H,28,30)/t20?,23-,24+/m0/s1. The number of nitrogens with one attached hydrogen (secondary N) is 1. The maximum Gasteiger partial charge on any atom is 0.251 e. The number of oxazole rings is 1. The Morgan fingerprint density at radius 1 is 1.16 bits per heavy atom. The average Bonchev–Trinajstić information content (AvgIpc) is 3.34. The number of hydrogen-bond donors (Lipinski definition) is 1. The van der Waals surface area contributed by atoms with E-state index in [0.717, 1.165) is 30.2 Å². The molecule has 2 heterocycles. The highest BCUT2D eigenvalue weighted by Gasteiger charge is 2.30. The molecule has 4 rings (SSSR count). The molecule has 2 aromatic rings. The van der Waals surface area contributed by atoms with Gasteiger partial charge in [-0.2, -0.15) is 0 Å². The van der Waals surface area contributed by atoms with Crippen molar-refractivity contribution < 1.29 is 9.21 Å². The molecule has 1 N–H and O–H groups in total. The van der Waals surface area contributed by atoms with Gasteiger partial charge in [-0.25, -0.2) is 4.98 Å². The first-order valence-corrected chi connectivity index (χ1v) is 12.2. The van der Waals surface area contributed by atoms with Crippen molar-refractivity contribution in [3.05, 3.63) is 42.4 Å². The quantitative estimate of drug-likeness (QED) is 0.606. The minimum atomic E-state index is 0.0421. The van der Waals surface area contributed by atoms with Crippen molar-refractivity contribution in [2.24, 2.45) is 11.8 Å². The van der Waals surface area contributed by atoms with Gasteiger partial charge in [-0.3, -0.25) is 4.79 Å². The predicted octanol–water partition coefficient (Wildman–Crippen LogP) is 5.53. The molecule has 5 nitrogen and oxygen atoms in total. The van der Waals surface area contributed by atoms with E-state index in [1.807, 2.05) is 24.3 Å². The Morgan fingerprint density at radius 3 is 2.77 bits per heavy atom. The summed E-state index contributed by atoms with van der Waals surface area (Å²) < 4.78 is 5.34. The molecule has 168 valence electrons. The van der Waals surface area contributed by atoms with Crippen LogP contribution in [0.4, 0.5) is 0 Å². The molecule has 1 aromatic heterocycles. The number of amides is 1. The molecule has 1 aliphatic heterocycles. The van der Waals surface area contributed by atoms with E-state index < -0.39 is 0 Å². The first-order valence-electron chi connectivity index (χ1n) is 12.2. The van der Waals surface area contributed by atoms with E-state index in [4.69, 9.17) is 4.42 Å². The van der Waals surface area contributed by atoms with Crippen molar-refractivity contribution in [2.75, 3.05) is 19.6 Å². The summed E-state index contributed by atoms with van der Waals surface area (Å²) in [6.45, 7) is 5.90. The van der Waals surface area contributed by atoms with Crippen LogP contribution in [-0.4, -0.2) is 41.5 Å². The van der Waals surface area contributed by atoms with E-state index in [9.17, 15) is 4.79 Å². The number of benzene rings is 1. The monoisotopic (exact) mass is 423 g/mol. The SMILES string of the molecule is CCCCC1CCCN(C[C@@H]2CCCC[C@H]2NC(=O)c2ccc(-c3cnco3)cc2)C1. The van der Waals surface area contributed by atoms with Crippen molar-refractivity contribution in [2.45, 2.75) is 70.8 Å². The van der Waals surface area contributed by atoms with E-state index in [-0.39, 0.29) is 11.9 Å². The molecule has 3 atom stereocenters. The molecule has 1 saturated carbocycles. The van der Waals surface area contributed by atoms with Gasteiger partial charge in [-0.15, -0.1) is 0 Å². The second-order valence-electron chi connectivity index (χ2n) is 9.48. The molecule has 31 heavy (non-hydrogen) atoms. The minimum absolute atomic E-state index is 0.0421. The van der Waals surface area contributed by atoms with Gasteiger partial charge in [0.1, 0.15) is 0 Å². The van der Waals surface area contributed by atoms with Gasteiger partial charge in [0.2, 0.25) is 0 Å². The normalized spacial score (nSPS) is 24.7. The molecule has 5 heteroatoms. The summed E-state index contributed by atoms with van der Waals surface area (Å²) in [5, 5.41) is 3.37. The summed E-state index contributed by atoms with van der Waals surface area (Å²) in [4.78, 5) is 19.6. The zero-order valence-electron chi connectivity index (χ0n) is 18.9. The molecular formula is C26H37N3O2. The van der Waals surface area contributed by atoms with Crippen molar-refractivity contribution in [3.8, 4) is 11.3 Å². The fourth-order valence-corrected chi connectivity index (χ4v) is 5.39. The van der Waals surface area contributed by atoms with Crippen LogP contribution in [0.3, 0.4) is 0 Å². The number of hydrogen-bond acceptors (Lipinski definition) is 4. The fourth-order valence-electron chi connectivity index (χ4n) is 5.39. The summed E-state index contributed by atoms with van der Waals surface area (Å²) in [5.41, 5.74) is 1.65. The van der Waals surface area contributed by atoms with Crippen LogP contribution in [0.1, 0.15) is 75.1 Å². The molecule has 1 unspecified atom stereocenters. The first-order chi connectivity index (χ1) is 15.2. The first kappa shape index (κ1) is 22.1. The number of nitrogens with zero attached hydrogens (tertiary/aromatic N) is 2. The molecule has 1 amide bonds. The Bertz CT molecular complexity index is 803. The predicted molar refractivity (Wildman–Crippen MR) is 124 cm³/mol. The molecular weight excluding hydrogens is 386 g/mol. The fraction of sp³-hybridized carbons (Fsp3) is 0.615. The van der Waals surface area contributed by atoms with E-state index in [2.05, 4.69) is 22.1 Å². The van der Waals surface area contributed by atoms with Crippen molar-refractivity contribution in [3.63, 3.8) is 0 Å². The number of aromatic nitrogens is 1. The Kier molecular flexibility index (Phi) is 7.79. The smallest absolute Gasteiger partial charge is 0.251 e. The van der Waals surface area contributed by atoms with Crippen LogP contribution in [0.25, 0.3) is 11.3 Å². The lowest BCUT2D eigenvalue weighted by Gasteiger charge is -2.39. The van der Waals surface area contributed by atoms with Gasteiger partial charge >= 0.3 is 0 Å². The third-order valence-corrected chi connectivity index (χ3v) is 7.15. The number of piperidine rings is 1. The van der Waals surface area contributed by atoms with E-state index in [1.165, 1.54) is 70.8 Å². The summed E-state index contributed by atoms with van der Waals surface area (Å²) in [6, 6.07) is 7.91. The highest BCUT2D eigenvalue weighted by molar-refractivity contribution is 5.94. The Labute approximate surface area is 186 Å². The van der Waals surface area contributed by atoms with Crippen LogP contribution in [0.15, 0.2) is 41.3 Å². The number of carbonyl (C=O) groups excluding carboxylic acids is 1. The summed E-state index contributed by atoms with van der Waals surface area (Å²) in [7, 11) is 0. The summed E-state index contributed by atoms with van der Waals surface area (Å²) in [5.74, 6) is 2.20. The van der Waals surface area contributed by atoms with E-state index in [1.54, 1.807) is 6.20 Å². The third kappa shape index (κ3) is 5.97. The molecule has 1 aromatic carbocycles. The van der Waals surface area contributed by atoms with Crippen LogP contribution in [0.5, 0.6) is 0 Å². The number of rotatable bonds is 8. The topological polar surface area (TPSA) is 58.4 Å². The molecule has 2 fully saturated rings. The van der Waals surface area contributed by atoms with Gasteiger partial charge in [0.05, 0.1) is 6.20 Å². The van der Waals surface area contributed by atoms with Gasteiger partial charge in [0.25, 0.3) is 5.91 Å². The van der Waals surface area contributed by atoms with Gasteiger partial charge in [0.15, 0.2) is 12.2 Å². The summed E-state index contributed by atoms with van der Waals surface area (Å²) >= 11 is 0. The van der Waals surface area contributed by atoms with Crippen LogP contribution in [0.2, 0.25) is 0 Å². The number of unbranched alkanes of at least 4 members (excludes halogenated alkanes) is 1. The molecule has 0 radical (unpaired) electrons. The Balaban J connectivity index is 1.33. The second-order valence-corrected chi connectivity index (χ2v) is 9.48. The lowest BCUT2D eigenvalue weighted by atomic mass is 9.83. The second kappa shape index (κ2) is 10.9. The van der Waals surface area contributed by atoms with E-state index in [0.29, 0.717) is 11.5 Å². The zero-order chi connectivity index (χ0) is 21.5. The summed E-state index contributed by atoms with van der Waals surface area (Å²) in [6.07, 6.45) is 14.7. The van der Waals surface area contributed by atoms with Gasteiger partial charge < -0.3 is 14.6 Å². The minimum Gasteiger partial charge on any atom is -0.444 e. The number of likely N-dealkylation sites (tertiary alicyclic amines) is 1. The van der Waals surface area contributed by atoms with Gasteiger partial charge in [-0.1, -0.05) is 44.7 Å². The van der Waals surface area contributed by atoms with Crippen molar-refractivity contribution in [1.29, 1.82) is 0 Å². The van der Waals surface area contributed by atoms with Crippen LogP contribution < -0.4 is 5.32 Å². The lowest BCUT2D eigenvalue weighted by Crippen LogP contribution is -2.48. The largest absolute Gasteiger partial charge is 0.444 e. The maximum absolute atomic E-state index is 13.0. The Morgan fingerprint density at radius 2 is 2.00 bits per heavy atom. The van der Waals surface area contributed by atoms with Gasteiger partial charge in [0, 0.05) is 30.3 Å². The van der Waals surface area contributed by atoms with Crippen LogP contribution in [-0.2, 0) is 0 Å². The Hall–Kier alpha value is -2.14. The zero-order valence-corrected chi connectivity index (χ0v) is 18.9. The molecule has 1 aliphatic carbocycles. The highest BCUT2D eigenvalue weighted by atomic mass is 16.3. The van der Waals surface area contributed by atoms with Gasteiger partial charge in [-0.05, 0) is 62.6 Å². The lowest BCUT2D eigenvalue weighted by molar-refractivity contribution is 0.0853. The molecule has 0 bridgehead atoms. The van der Waals surface area contributed by atoms with Crippen molar-refractivity contribution in [1.82, 2.24) is 15.2 Å². The molecule has 1 saturated heterocycles. The highest BCUT2D eigenvalue weighted by Crippen LogP contribution is 2.29. The van der Waals surface area contributed by atoms with E-state index >= 15 is 0 Å². The molecule has 2 aliphatic rings. The van der Waals surface area contributed by atoms with Crippen molar-refractivity contribution >= 4 is 5.91 Å². The van der Waals surface area contributed by atoms with Crippen LogP contribution in [0, 0.1) is 11.8 Å². The maximum atomic E-state index is 13.0. The third-order valence-electron chi connectivity index (χ3n) is 7.15. The average molecular weight is 424 g/mol. The number of carbonyl (C=O) groups is 1. The molecule has 0 spiro atoms. The van der Waals surface area contributed by atoms with Crippen LogP contribution >= 0.6 is 0 Å².